The van der Waals surface area contributed by atoms with E-state index in [0.717, 1.165) is 32.1 Å². The smallest absolute Gasteiger partial charge is 0.424 e. The van der Waals surface area contributed by atoms with Gasteiger partial charge in [0.1, 0.15) is 12.7 Å². The molecule has 0 saturated heterocycles. The van der Waals surface area contributed by atoms with E-state index in [1.165, 1.54) is 70.6 Å². The van der Waals surface area contributed by atoms with Crippen LogP contribution in [-0.4, -0.2) is 26.2 Å². The van der Waals surface area contributed by atoms with Crippen molar-refractivity contribution in [2.24, 2.45) is 0 Å². The second kappa shape index (κ2) is 21.9. The Bertz CT molecular complexity index is 495. The molecule has 0 heterocycles. The van der Waals surface area contributed by atoms with Crippen LogP contribution in [0.25, 0.3) is 0 Å². The second-order valence-corrected chi connectivity index (χ2v) is 8.49. The summed E-state index contributed by atoms with van der Waals surface area (Å²) in [5, 5.41) is 0. The first kappa shape index (κ1) is 28.2. The maximum absolute atomic E-state index is 10.2. The lowest BCUT2D eigenvalue weighted by Crippen LogP contribution is -2.05. The SMILES string of the molecule is CCCCCCCCCCCCCCC#COCCCCCCOOS(=O)(=O)O. The molecule has 0 saturated carbocycles. The minimum Gasteiger partial charge on any atom is -0.447 e. The van der Waals surface area contributed by atoms with Crippen molar-refractivity contribution in [3.8, 4) is 12.0 Å². The van der Waals surface area contributed by atoms with Crippen molar-refractivity contribution >= 4 is 10.4 Å². The normalized spacial score (nSPS) is 11.2. The van der Waals surface area contributed by atoms with Gasteiger partial charge in [0, 0.05) is 6.42 Å². The molecule has 7 heteroatoms. The maximum atomic E-state index is 10.2. The van der Waals surface area contributed by atoms with E-state index in [1.807, 2.05) is 0 Å². The van der Waals surface area contributed by atoms with E-state index >= 15 is 0 Å². The Kier molecular flexibility index (Phi) is 21.3. The highest BCUT2D eigenvalue weighted by atomic mass is 32.3. The highest BCUT2D eigenvalue weighted by Gasteiger charge is 2.04. The zero-order valence-corrected chi connectivity index (χ0v) is 19.1. The van der Waals surface area contributed by atoms with Gasteiger partial charge < -0.3 is 4.74 Å². The van der Waals surface area contributed by atoms with Gasteiger partial charge in [-0.05, 0) is 25.7 Å². The van der Waals surface area contributed by atoms with Gasteiger partial charge in [0.05, 0.1) is 6.61 Å². The molecule has 0 aromatic rings. The van der Waals surface area contributed by atoms with Crippen LogP contribution in [0, 0.1) is 12.0 Å². The summed E-state index contributed by atoms with van der Waals surface area (Å²) in [5.74, 6) is 3.06. The van der Waals surface area contributed by atoms with Crippen molar-refractivity contribution in [1.29, 1.82) is 0 Å². The van der Waals surface area contributed by atoms with E-state index in [0.29, 0.717) is 13.0 Å². The van der Waals surface area contributed by atoms with Crippen LogP contribution in [0.2, 0.25) is 0 Å². The van der Waals surface area contributed by atoms with Crippen molar-refractivity contribution in [3.05, 3.63) is 0 Å². The van der Waals surface area contributed by atoms with E-state index in [2.05, 4.69) is 28.2 Å². The number of rotatable bonds is 21. The van der Waals surface area contributed by atoms with Crippen LogP contribution in [0.5, 0.6) is 0 Å². The van der Waals surface area contributed by atoms with Crippen LogP contribution in [0.1, 0.15) is 116 Å². The van der Waals surface area contributed by atoms with Gasteiger partial charge in [-0.3, -0.25) is 4.55 Å². The lowest BCUT2D eigenvalue weighted by Gasteiger charge is -2.02. The fourth-order valence-electron chi connectivity index (χ4n) is 2.99. The summed E-state index contributed by atoms with van der Waals surface area (Å²) < 4.78 is 37.8. The number of unbranched alkanes of at least 4 members (excludes halogenated alkanes) is 15. The standard InChI is InChI=1S/C22H42O6S/c1-2-3-4-5-6-7-8-9-10-11-12-13-14-17-20-26-21-18-15-16-19-22-27-28-29(23,24)25/h2-16,18-19,21-22H2,1H3,(H,23,24,25). The van der Waals surface area contributed by atoms with Crippen molar-refractivity contribution < 1.29 is 26.9 Å². The number of ether oxygens (including phenoxy) is 1. The molecule has 1 N–H and O–H groups in total. The van der Waals surface area contributed by atoms with Crippen molar-refractivity contribution in [1.82, 2.24) is 0 Å². The van der Waals surface area contributed by atoms with Gasteiger partial charge in [-0.25, -0.2) is 4.89 Å². The third-order valence-electron chi connectivity index (χ3n) is 4.66. The first-order valence-electron chi connectivity index (χ1n) is 11.4. The largest absolute Gasteiger partial charge is 0.447 e. The predicted octanol–water partition coefficient (Wildman–Crippen LogP) is 6.37. The summed E-state index contributed by atoms with van der Waals surface area (Å²) in [6, 6.07) is 0. The molecule has 0 aromatic heterocycles. The summed E-state index contributed by atoms with van der Waals surface area (Å²) >= 11 is 0. The molecule has 0 spiro atoms. The molecule has 172 valence electrons. The van der Waals surface area contributed by atoms with Crippen LogP contribution >= 0.6 is 0 Å². The van der Waals surface area contributed by atoms with Crippen LogP contribution in [0.4, 0.5) is 0 Å². The minimum absolute atomic E-state index is 0.125. The molecule has 0 bridgehead atoms. The van der Waals surface area contributed by atoms with Gasteiger partial charge >= 0.3 is 10.4 Å². The van der Waals surface area contributed by atoms with Crippen LogP contribution in [0.3, 0.4) is 0 Å². The van der Waals surface area contributed by atoms with Crippen molar-refractivity contribution in [2.45, 2.75) is 116 Å². The third kappa shape index (κ3) is 27.2. The molecule has 0 radical (unpaired) electrons. The quantitative estimate of drug-likeness (QED) is 0.0743. The molecule has 0 unspecified atom stereocenters. The van der Waals surface area contributed by atoms with Crippen molar-refractivity contribution in [2.75, 3.05) is 13.2 Å². The molecule has 0 fully saturated rings. The predicted molar refractivity (Wildman–Crippen MR) is 116 cm³/mol. The summed E-state index contributed by atoms with van der Waals surface area (Å²) in [6.45, 7) is 2.99. The summed E-state index contributed by atoms with van der Waals surface area (Å²) in [6.07, 6.45) is 23.2. The van der Waals surface area contributed by atoms with Gasteiger partial charge in [0.2, 0.25) is 0 Å². The third-order valence-corrected chi connectivity index (χ3v) is 4.93. The molecule has 0 atom stereocenters. The summed E-state index contributed by atoms with van der Waals surface area (Å²) in [7, 11) is -4.51. The van der Waals surface area contributed by atoms with Gasteiger partial charge in [-0.1, -0.05) is 94.2 Å². The molecular formula is C22H42O6S. The molecule has 0 aliphatic carbocycles. The highest BCUT2D eigenvalue weighted by molar-refractivity contribution is 7.80. The molecular weight excluding hydrogens is 392 g/mol. The lowest BCUT2D eigenvalue weighted by molar-refractivity contribution is -0.208. The first-order chi connectivity index (χ1) is 14.1. The van der Waals surface area contributed by atoms with E-state index in [4.69, 9.17) is 9.29 Å². The molecule has 0 rings (SSSR count). The topological polar surface area (TPSA) is 82.1 Å². The molecule has 6 nitrogen and oxygen atoms in total. The first-order valence-corrected chi connectivity index (χ1v) is 12.8. The maximum Gasteiger partial charge on any atom is 0.424 e. The number of hydrogen-bond donors (Lipinski definition) is 1. The van der Waals surface area contributed by atoms with Crippen LogP contribution in [-0.2, 0) is 24.4 Å². The van der Waals surface area contributed by atoms with Gasteiger partial charge in [-0.15, -0.1) is 0 Å². The zero-order chi connectivity index (χ0) is 21.5. The van der Waals surface area contributed by atoms with Crippen LogP contribution < -0.4 is 0 Å². The fourth-order valence-corrected chi connectivity index (χ4v) is 3.18. The monoisotopic (exact) mass is 434 g/mol. The molecule has 29 heavy (non-hydrogen) atoms. The number of hydrogen-bond acceptors (Lipinski definition) is 5. The van der Waals surface area contributed by atoms with E-state index < -0.39 is 10.4 Å². The van der Waals surface area contributed by atoms with E-state index in [-0.39, 0.29) is 6.61 Å². The lowest BCUT2D eigenvalue weighted by atomic mass is 10.0. The van der Waals surface area contributed by atoms with Gasteiger partial charge in [-0.2, -0.15) is 8.42 Å². The fraction of sp³-hybridized carbons (Fsp3) is 0.909. The minimum atomic E-state index is -4.51. The van der Waals surface area contributed by atoms with Crippen molar-refractivity contribution in [3.63, 3.8) is 0 Å². The Labute approximate surface area is 179 Å². The van der Waals surface area contributed by atoms with Gasteiger partial charge in [0.25, 0.3) is 0 Å². The average Bonchev–Trinajstić information content (AvgIpc) is 2.67. The molecule has 0 aliphatic rings. The average molecular weight is 435 g/mol. The van der Waals surface area contributed by atoms with E-state index in [9.17, 15) is 8.42 Å². The second-order valence-electron chi connectivity index (χ2n) is 7.50. The summed E-state index contributed by atoms with van der Waals surface area (Å²) in [4.78, 5) is 4.35. The molecule has 0 aliphatic heterocycles. The Balaban J connectivity index is 3.15. The van der Waals surface area contributed by atoms with Crippen LogP contribution in [0.15, 0.2) is 0 Å². The summed E-state index contributed by atoms with van der Waals surface area (Å²) in [5.41, 5.74) is 0. The highest BCUT2D eigenvalue weighted by Crippen LogP contribution is 2.12. The molecule has 0 amide bonds. The van der Waals surface area contributed by atoms with E-state index in [1.54, 1.807) is 0 Å². The Morgan fingerprint density at radius 3 is 1.72 bits per heavy atom. The Morgan fingerprint density at radius 1 is 0.690 bits per heavy atom. The molecule has 0 aromatic carbocycles. The van der Waals surface area contributed by atoms with Gasteiger partial charge in [0.15, 0.2) is 0 Å². The zero-order valence-electron chi connectivity index (χ0n) is 18.3. The Morgan fingerprint density at radius 2 is 1.17 bits per heavy atom. The Hall–Kier alpha value is -0.810.